The van der Waals surface area contributed by atoms with E-state index in [1.54, 1.807) is 0 Å². The Balaban J connectivity index is 2.28. The summed E-state index contributed by atoms with van der Waals surface area (Å²) in [5, 5.41) is 21.6. The summed E-state index contributed by atoms with van der Waals surface area (Å²) in [6.07, 6.45) is 1.02. The van der Waals surface area contributed by atoms with Gasteiger partial charge in [-0.2, -0.15) is 4.39 Å². The highest BCUT2D eigenvalue weighted by atomic mass is 19.1. The molecule has 0 bridgehead atoms. The number of H-pyrrole nitrogens is 1. The highest BCUT2D eigenvalue weighted by Crippen LogP contribution is 2.22. The van der Waals surface area contributed by atoms with Crippen molar-refractivity contribution in [2.45, 2.75) is 0 Å². The number of carbonyl (C=O) groups is 2. The van der Waals surface area contributed by atoms with Crippen molar-refractivity contribution in [3.8, 4) is 0 Å². The number of benzene rings is 1. The predicted molar refractivity (Wildman–Crippen MR) is 66.6 cm³/mol. The molecule has 1 aromatic heterocycles. The van der Waals surface area contributed by atoms with E-state index in [9.17, 15) is 24.1 Å². The lowest BCUT2D eigenvalue weighted by Crippen LogP contribution is -2.16. The van der Waals surface area contributed by atoms with Crippen LogP contribution < -0.4 is 5.32 Å². The molecule has 0 aliphatic carbocycles. The molecular weight excluding hydrogens is 287 g/mol. The van der Waals surface area contributed by atoms with Gasteiger partial charge in [-0.1, -0.05) is 0 Å². The average molecular weight is 294 g/mol. The predicted octanol–water partition coefficient (Wildman–Crippen LogP) is 1.41. The number of anilines is 1. The molecule has 9 nitrogen and oxygen atoms in total. The molecule has 0 spiro atoms. The fourth-order valence-electron chi connectivity index (χ4n) is 1.55. The molecule has 2 aromatic rings. The lowest BCUT2D eigenvalue weighted by molar-refractivity contribution is -0.387. The zero-order valence-corrected chi connectivity index (χ0v) is 10.2. The standard InChI is InChI=1S/C11H7FN4O5/c12-6-2-1-5(3-7(6)16(20)21)15-10(17)8-9(11(18)19)14-4-13-8/h1-4H,(H,13,14)(H,15,17)(H,18,19). The van der Waals surface area contributed by atoms with E-state index in [4.69, 9.17) is 5.11 Å². The normalized spacial score (nSPS) is 10.1. The number of carboxylic acid groups (broad SMARTS) is 1. The molecule has 21 heavy (non-hydrogen) atoms. The van der Waals surface area contributed by atoms with Crippen molar-refractivity contribution in [3.05, 3.63) is 51.8 Å². The number of aromatic nitrogens is 2. The van der Waals surface area contributed by atoms with Gasteiger partial charge in [0.15, 0.2) is 11.4 Å². The van der Waals surface area contributed by atoms with Crippen LogP contribution in [-0.2, 0) is 0 Å². The molecule has 0 atom stereocenters. The minimum absolute atomic E-state index is 0.0626. The van der Waals surface area contributed by atoms with Gasteiger partial charge in [-0.15, -0.1) is 0 Å². The number of nitrogens with zero attached hydrogens (tertiary/aromatic N) is 2. The smallest absolute Gasteiger partial charge is 0.354 e. The van der Waals surface area contributed by atoms with Crippen LogP contribution in [0.3, 0.4) is 0 Å². The van der Waals surface area contributed by atoms with Crippen molar-refractivity contribution in [2.24, 2.45) is 0 Å². The Morgan fingerprint density at radius 1 is 1.43 bits per heavy atom. The Morgan fingerprint density at radius 3 is 2.76 bits per heavy atom. The molecule has 0 fully saturated rings. The number of nitro benzene ring substituents is 1. The fourth-order valence-corrected chi connectivity index (χ4v) is 1.55. The number of carbonyl (C=O) groups excluding carboxylic acids is 1. The lowest BCUT2D eigenvalue weighted by Gasteiger charge is -2.04. The van der Waals surface area contributed by atoms with Gasteiger partial charge in [-0.3, -0.25) is 14.9 Å². The Bertz CT molecular complexity index is 742. The largest absolute Gasteiger partial charge is 0.477 e. The highest BCUT2D eigenvalue weighted by molar-refractivity contribution is 6.08. The summed E-state index contributed by atoms with van der Waals surface area (Å²) in [4.78, 5) is 38.2. The number of imidazole rings is 1. The molecule has 0 saturated carbocycles. The first-order chi connectivity index (χ1) is 9.90. The highest BCUT2D eigenvalue weighted by Gasteiger charge is 2.21. The number of aromatic amines is 1. The summed E-state index contributed by atoms with van der Waals surface area (Å²) in [5.74, 6) is -3.33. The van der Waals surface area contributed by atoms with Crippen LogP contribution in [0.15, 0.2) is 24.5 Å². The summed E-state index contributed by atoms with van der Waals surface area (Å²) < 4.78 is 13.2. The van der Waals surface area contributed by atoms with Gasteiger partial charge < -0.3 is 15.4 Å². The minimum Gasteiger partial charge on any atom is -0.477 e. The molecule has 108 valence electrons. The van der Waals surface area contributed by atoms with Crippen molar-refractivity contribution in [3.63, 3.8) is 0 Å². The van der Waals surface area contributed by atoms with Crippen LogP contribution in [-0.4, -0.2) is 31.9 Å². The van der Waals surface area contributed by atoms with Crippen LogP contribution in [0.5, 0.6) is 0 Å². The zero-order valence-electron chi connectivity index (χ0n) is 10.2. The molecule has 1 heterocycles. The van der Waals surface area contributed by atoms with Crippen LogP contribution in [0.25, 0.3) is 0 Å². The fraction of sp³-hybridized carbons (Fsp3) is 0. The van der Waals surface area contributed by atoms with E-state index in [0.717, 1.165) is 24.5 Å². The molecular formula is C11H7FN4O5. The maximum absolute atomic E-state index is 13.2. The van der Waals surface area contributed by atoms with Crippen LogP contribution >= 0.6 is 0 Å². The number of nitrogens with one attached hydrogen (secondary N) is 2. The number of carboxylic acids is 1. The summed E-state index contributed by atoms with van der Waals surface area (Å²) in [7, 11) is 0. The molecule has 1 amide bonds. The van der Waals surface area contributed by atoms with Gasteiger partial charge in [0.2, 0.25) is 5.82 Å². The molecule has 0 aliphatic heterocycles. The maximum atomic E-state index is 13.2. The van der Waals surface area contributed by atoms with Gasteiger partial charge in [0.1, 0.15) is 0 Å². The summed E-state index contributed by atoms with van der Waals surface area (Å²) in [6, 6.07) is 2.74. The van der Waals surface area contributed by atoms with Crippen molar-refractivity contribution in [1.82, 2.24) is 9.97 Å². The number of rotatable bonds is 4. The number of nitro groups is 1. The number of amides is 1. The maximum Gasteiger partial charge on any atom is 0.354 e. The first kappa shape index (κ1) is 14.1. The van der Waals surface area contributed by atoms with Crippen molar-refractivity contribution >= 4 is 23.3 Å². The third-order valence-corrected chi connectivity index (χ3v) is 2.47. The first-order valence-electron chi connectivity index (χ1n) is 5.42. The van der Waals surface area contributed by atoms with Gasteiger partial charge in [0.05, 0.1) is 11.3 Å². The van der Waals surface area contributed by atoms with Gasteiger partial charge in [-0.25, -0.2) is 9.78 Å². The first-order valence-corrected chi connectivity index (χ1v) is 5.42. The molecule has 0 saturated heterocycles. The van der Waals surface area contributed by atoms with E-state index < -0.39 is 39.7 Å². The van der Waals surface area contributed by atoms with Crippen molar-refractivity contribution in [1.29, 1.82) is 0 Å². The second kappa shape index (κ2) is 5.36. The zero-order chi connectivity index (χ0) is 15.6. The summed E-state index contributed by atoms with van der Waals surface area (Å²) >= 11 is 0. The van der Waals surface area contributed by atoms with Crippen molar-refractivity contribution < 1.29 is 24.0 Å². The molecule has 0 unspecified atom stereocenters. The Kier molecular flexibility index (Phi) is 3.61. The van der Waals surface area contributed by atoms with Crippen LogP contribution in [0.2, 0.25) is 0 Å². The second-order valence-corrected chi connectivity index (χ2v) is 3.81. The van der Waals surface area contributed by atoms with Crippen molar-refractivity contribution in [2.75, 3.05) is 5.32 Å². The minimum atomic E-state index is -1.39. The quantitative estimate of drug-likeness (QED) is 0.575. The lowest BCUT2D eigenvalue weighted by atomic mass is 10.2. The van der Waals surface area contributed by atoms with E-state index in [1.807, 2.05) is 0 Å². The molecule has 0 radical (unpaired) electrons. The van der Waals surface area contributed by atoms with Gasteiger partial charge >= 0.3 is 11.7 Å². The SMILES string of the molecule is O=C(Nc1ccc(F)c([N+](=O)[O-])c1)c1nc[nH]c1C(=O)O. The molecule has 3 N–H and O–H groups in total. The topological polar surface area (TPSA) is 138 Å². The molecule has 2 rings (SSSR count). The number of hydrogen-bond acceptors (Lipinski definition) is 5. The Labute approximate surface area is 115 Å². The van der Waals surface area contributed by atoms with E-state index in [2.05, 4.69) is 15.3 Å². The summed E-state index contributed by atoms with van der Waals surface area (Å²) in [6.45, 7) is 0. The number of hydrogen-bond donors (Lipinski definition) is 3. The summed E-state index contributed by atoms with van der Waals surface area (Å²) in [5.41, 5.74) is -1.70. The third kappa shape index (κ3) is 2.83. The third-order valence-electron chi connectivity index (χ3n) is 2.47. The van der Waals surface area contributed by atoms with Gasteiger partial charge in [0.25, 0.3) is 5.91 Å². The van der Waals surface area contributed by atoms with E-state index in [0.29, 0.717) is 0 Å². The molecule has 1 aromatic carbocycles. The number of halogens is 1. The van der Waals surface area contributed by atoms with Crippen LogP contribution in [0, 0.1) is 15.9 Å². The Morgan fingerprint density at radius 2 is 2.14 bits per heavy atom. The average Bonchev–Trinajstić information content (AvgIpc) is 2.90. The van der Waals surface area contributed by atoms with Gasteiger partial charge in [-0.05, 0) is 12.1 Å². The Hall–Kier alpha value is -3.30. The monoisotopic (exact) mass is 294 g/mol. The molecule has 0 aliphatic rings. The number of aromatic carboxylic acids is 1. The van der Waals surface area contributed by atoms with E-state index in [1.165, 1.54) is 0 Å². The van der Waals surface area contributed by atoms with Crippen LogP contribution in [0.4, 0.5) is 15.8 Å². The second-order valence-electron chi connectivity index (χ2n) is 3.81. The van der Waals surface area contributed by atoms with Crippen LogP contribution in [0.1, 0.15) is 21.0 Å². The van der Waals surface area contributed by atoms with E-state index in [-0.39, 0.29) is 5.69 Å². The molecule has 10 heteroatoms. The van der Waals surface area contributed by atoms with E-state index >= 15 is 0 Å². The van der Waals surface area contributed by atoms with Gasteiger partial charge in [0, 0.05) is 11.8 Å².